The smallest absolute Gasteiger partial charge is 0.187 e. The number of quaternary nitrogens is 2. The molecule has 6 nitrogen and oxygen atoms in total. The molecule has 150 valence electrons. The molecule has 1 saturated carbocycles. The normalized spacial score (nSPS) is 34.4. The van der Waals surface area contributed by atoms with Crippen molar-refractivity contribution in [1.82, 2.24) is 9.55 Å². The number of aromatic nitrogens is 2. The molecule has 1 aliphatic carbocycles. The monoisotopic (exact) mass is 384 g/mol. The number of para-hydroxylation sites is 2. The zero-order valence-electron chi connectivity index (χ0n) is 16.7. The van der Waals surface area contributed by atoms with Crippen molar-refractivity contribution in [2.75, 3.05) is 52.6 Å². The van der Waals surface area contributed by atoms with Crippen LogP contribution in [0.15, 0.2) is 24.3 Å². The highest BCUT2D eigenvalue weighted by Gasteiger charge is 2.64. The van der Waals surface area contributed by atoms with Crippen LogP contribution in [0.3, 0.4) is 0 Å². The number of ether oxygens (including phenoxy) is 2. The Hall–Kier alpha value is -1.47. The number of benzene rings is 1. The summed E-state index contributed by atoms with van der Waals surface area (Å²) in [5.74, 6) is 2.03. The summed E-state index contributed by atoms with van der Waals surface area (Å²) in [6.45, 7) is 8.01. The fraction of sp³-hybridized carbons (Fsp3) is 0.682. The fourth-order valence-electron chi connectivity index (χ4n) is 6.81. The fourth-order valence-corrected chi connectivity index (χ4v) is 6.81. The van der Waals surface area contributed by atoms with Gasteiger partial charge in [0, 0.05) is 6.42 Å². The molecule has 2 aromatic rings. The molecule has 6 heteroatoms. The second-order valence-electron chi connectivity index (χ2n) is 9.03. The molecule has 0 unspecified atom stereocenters. The third-order valence-corrected chi connectivity index (χ3v) is 7.89. The van der Waals surface area contributed by atoms with Gasteiger partial charge in [-0.2, -0.15) is 0 Å². The molecule has 4 aliphatic rings. The molecular weight excluding hydrogens is 352 g/mol. The van der Waals surface area contributed by atoms with Crippen LogP contribution in [-0.2, 0) is 15.1 Å². The number of nitrogens with zero attached hydrogens (tertiary/aromatic N) is 2. The zero-order valence-corrected chi connectivity index (χ0v) is 16.7. The number of hydrogen-bond donors (Lipinski definition) is 2. The number of fused-ring (bicyclic) bond motifs is 5. The van der Waals surface area contributed by atoms with Crippen molar-refractivity contribution >= 4 is 11.0 Å². The third kappa shape index (κ3) is 2.38. The molecule has 6 rings (SSSR count). The molecule has 3 fully saturated rings. The molecule has 4 heterocycles. The van der Waals surface area contributed by atoms with Gasteiger partial charge < -0.3 is 19.3 Å². The number of nitrogens with one attached hydrogen (secondary N) is 2. The lowest BCUT2D eigenvalue weighted by atomic mass is 9.75. The van der Waals surface area contributed by atoms with Crippen molar-refractivity contribution in [3.05, 3.63) is 30.1 Å². The van der Waals surface area contributed by atoms with Gasteiger partial charge in [-0.25, -0.2) is 4.98 Å². The quantitative estimate of drug-likeness (QED) is 0.752. The van der Waals surface area contributed by atoms with E-state index in [4.69, 9.17) is 14.5 Å². The minimum atomic E-state index is 0.156. The minimum absolute atomic E-state index is 0.156. The lowest BCUT2D eigenvalue weighted by Gasteiger charge is -2.47. The van der Waals surface area contributed by atoms with Crippen molar-refractivity contribution in [2.24, 2.45) is 5.92 Å². The van der Waals surface area contributed by atoms with E-state index >= 15 is 0 Å². The van der Waals surface area contributed by atoms with Crippen molar-refractivity contribution in [1.29, 1.82) is 0 Å². The van der Waals surface area contributed by atoms with Crippen molar-refractivity contribution in [3.8, 4) is 0 Å². The Balaban J connectivity index is 1.56. The average molecular weight is 385 g/mol. The first-order valence-corrected chi connectivity index (χ1v) is 11.2. The highest BCUT2D eigenvalue weighted by atomic mass is 16.5. The molecule has 1 aromatic heterocycles. The first-order chi connectivity index (χ1) is 13.9. The van der Waals surface area contributed by atoms with E-state index < -0.39 is 0 Å². The van der Waals surface area contributed by atoms with Gasteiger partial charge in [0.2, 0.25) is 0 Å². The summed E-state index contributed by atoms with van der Waals surface area (Å²) in [6, 6.07) is 9.33. The van der Waals surface area contributed by atoms with Crippen LogP contribution in [0.2, 0.25) is 0 Å². The second-order valence-corrected chi connectivity index (χ2v) is 9.03. The molecule has 0 bridgehead atoms. The van der Waals surface area contributed by atoms with Gasteiger partial charge >= 0.3 is 0 Å². The summed E-state index contributed by atoms with van der Waals surface area (Å²) in [6.07, 6.45) is 5.30. The predicted molar refractivity (Wildman–Crippen MR) is 105 cm³/mol. The Labute approximate surface area is 166 Å². The maximum atomic E-state index is 5.77. The van der Waals surface area contributed by atoms with Crippen LogP contribution in [0.5, 0.6) is 0 Å². The van der Waals surface area contributed by atoms with E-state index in [2.05, 4.69) is 28.8 Å². The molecule has 3 aliphatic heterocycles. The molecule has 0 radical (unpaired) electrons. The van der Waals surface area contributed by atoms with Gasteiger partial charge in [-0.05, 0) is 25.0 Å². The maximum Gasteiger partial charge on any atom is 0.187 e. The summed E-state index contributed by atoms with van der Waals surface area (Å²) in [5, 5.41) is 0. The van der Waals surface area contributed by atoms with Gasteiger partial charge in [0.05, 0.1) is 43.4 Å². The maximum absolute atomic E-state index is 5.77. The molecule has 28 heavy (non-hydrogen) atoms. The van der Waals surface area contributed by atoms with E-state index in [1.54, 1.807) is 9.80 Å². The standard InChI is InChI=1S/C22H30N4O2/c1-2-7-19-18(6-1)23-21-20(24-9-13-27-14-10-24)17-5-3-4-8-22(17,26(19)21)25-11-15-28-16-12-25/h1-2,6-7,17,20H,3-5,8-16H2/p+2/t17-,20+,22-/m0/s1. The molecule has 2 N–H and O–H groups in total. The third-order valence-electron chi connectivity index (χ3n) is 7.89. The Morgan fingerprint density at radius 1 is 0.964 bits per heavy atom. The predicted octanol–water partition coefficient (Wildman–Crippen LogP) is -0.236. The van der Waals surface area contributed by atoms with E-state index in [0.717, 1.165) is 52.6 Å². The highest BCUT2D eigenvalue weighted by Crippen LogP contribution is 2.49. The van der Waals surface area contributed by atoms with Crippen LogP contribution in [0, 0.1) is 5.92 Å². The van der Waals surface area contributed by atoms with E-state index in [9.17, 15) is 0 Å². The number of morpholine rings is 2. The molecule has 2 saturated heterocycles. The summed E-state index contributed by atoms with van der Waals surface area (Å²) in [4.78, 5) is 8.71. The number of rotatable bonds is 2. The average Bonchev–Trinajstić information content (AvgIpc) is 3.28. The van der Waals surface area contributed by atoms with Crippen LogP contribution in [0.1, 0.15) is 37.5 Å². The largest absolute Gasteiger partial charge is 0.370 e. The van der Waals surface area contributed by atoms with Gasteiger partial charge in [0.1, 0.15) is 26.2 Å². The van der Waals surface area contributed by atoms with Gasteiger partial charge in [-0.15, -0.1) is 0 Å². The second kappa shape index (κ2) is 6.80. The van der Waals surface area contributed by atoms with Crippen LogP contribution in [0.25, 0.3) is 11.0 Å². The minimum Gasteiger partial charge on any atom is -0.370 e. The Bertz CT molecular complexity index is 855. The number of imidazole rings is 1. The molecule has 0 amide bonds. The van der Waals surface area contributed by atoms with Crippen molar-refractivity contribution in [2.45, 2.75) is 37.4 Å². The summed E-state index contributed by atoms with van der Waals surface area (Å²) in [5.41, 5.74) is 2.67. The van der Waals surface area contributed by atoms with Crippen molar-refractivity contribution in [3.63, 3.8) is 0 Å². The summed E-state index contributed by atoms with van der Waals surface area (Å²) in [7, 11) is 0. The van der Waals surface area contributed by atoms with E-state index in [-0.39, 0.29) is 5.66 Å². The van der Waals surface area contributed by atoms with Gasteiger partial charge in [-0.1, -0.05) is 18.6 Å². The van der Waals surface area contributed by atoms with E-state index in [0.29, 0.717) is 12.0 Å². The molecule has 3 atom stereocenters. The van der Waals surface area contributed by atoms with Gasteiger partial charge in [0.15, 0.2) is 17.5 Å². The van der Waals surface area contributed by atoms with Crippen LogP contribution < -0.4 is 9.80 Å². The van der Waals surface area contributed by atoms with Crippen molar-refractivity contribution < 1.29 is 19.3 Å². The number of hydrogen-bond acceptors (Lipinski definition) is 3. The topological polar surface area (TPSA) is 45.2 Å². The van der Waals surface area contributed by atoms with E-state index in [1.165, 1.54) is 42.5 Å². The summed E-state index contributed by atoms with van der Waals surface area (Å²) >= 11 is 0. The lowest BCUT2D eigenvalue weighted by molar-refractivity contribution is -0.995. The lowest BCUT2D eigenvalue weighted by Crippen LogP contribution is -3.23. The Morgan fingerprint density at radius 2 is 1.71 bits per heavy atom. The Kier molecular flexibility index (Phi) is 4.22. The molecule has 0 spiro atoms. The highest BCUT2D eigenvalue weighted by molar-refractivity contribution is 5.76. The van der Waals surface area contributed by atoms with Crippen LogP contribution >= 0.6 is 0 Å². The van der Waals surface area contributed by atoms with Gasteiger partial charge in [0.25, 0.3) is 0 Å². The molecule has 1 aromatic carbocycles. The van der Waals surface area contributed by atoms with Crippen LogP contribution in [0.4, 0.5) is 0 Å². The van der Waals surface area contributed by atoms with Gasteiger partial charge in [-0.3, -0.25) is 4.57 Å². The summed E-state index contributed by atoms with van der Waals surface area (Å²) < 4.78 is 14.2. The van der Waals surface area contributed by atoms with E-state index in [1.807, 2.05) is 0 Å². The zero-order chi connectivity index (χ0) is 18.6. The van der Waals surface area contributed by atoms with Crippen LogP contribution in [-0.4, -0.2) is 62.2 Å². The first-order valence-electron chi connectivity index (χ1n) is 11.2. The first kappa shape index (κ1) is 17.4. The SMILES string of the molecule is c1ccc2c(c1)nc1n2[C@@]2([NH+]3CCOCC3)CCCC[C@H]2[C@H]1[NH+]1CCOCC1. The Morgan fingerprint density at radius 3 is 2.54 bits per heavy atom. The molecular formula is C22H32N4O2+2.